The fourth-order valence-electron chi connectivity index (χ4n) is 1.71. The summed E-state index contributed by atoms with van der Waals surface area (Å²) in [5.41, 5.74) is 1.90. The molecule has 4 heteroatoms. The Balaban J connectivity index is 2.05. The van der Waals surface area contributed by atoms with Gasteiger partial charge in [0.05, 0.1) is 5.69 Å². The molecule has 0 aliphatic rings. The van der Waals surface area contributed by atoms with Gasteiger partial charge in [-0.2, -0.15) is 0 Å². The molecule has 0 aliphatic heterocycles. The van der Waals surface area contributed by atoms with Gasteiger partial charge in [-0.3, -0.25) is 4.79 Å². The van der Waals surface area contributed by atoms with Crippen molar-refractivity contribution in [3.8, 4) is 0 Å². The van der Waals surface area contributed by atoms with Crippen LogP contribution in [-0.2, 0) is 4.79 Å². The minimum atomic E-state index is -0.803. The van der Waals surface area contributed by atoms with E-state index in [1.807, 2.05) is 31.2 Å². The summed E-state index contributed by atoms with van der Waals surface area (Å²) >= 11 is 0. The highest BCUT2D eigenvalue weighted by Gasteiger charge is 2.05. The number of nitrogens with one attached hydrogen (secondary N) is 1. The van der Waals surface area contributed by atoms with Crippen LogP contribution in [-0.4, -0.2) is 5.91 Å². The van der Waals surface area contributed by atoms with Crippen LogP contribution in [0.25, 0.3) is 6.08 Å². The average molecular weight is 273 g/mol. The van der Waals surface area contributed by atoms with E-state index in [4.69, 9.17) is 0 Å². The van der Waals surface area contributed by atoms with Gasteiger partial charge in [-0.15, -0.1) is 0 Å². The number of hydrogen-bond donors (Lipinski definition) is 1. The predicted molar refractivity (Wildman–Crippen MR) is 75.2 cm³/mol. The minimum absolute atomic E-state index is 0.0507. The highest BCUT2D eigenvalue weighted by atomic mass is 19.1. The van der Waals surface area contributed by atoms with Gasteiger partial charge < -0.3 is 5.32 Å². The molecule has 0 aliphatic carbocycles. The number of carbonyl (C=O) groups excluding carboxylic acids is 1. The normalized spacial score (nSPS) is 10.8. The maximum absolute atomic E-state index is 13.3. The Morgan fingerprint density at radius 3 is 2.65 bits per heavy atom. The number of rotatable bonds is 3. The second-order valence-electron chi connectivity index (χ2n) is 4.36. The second-order valence-corrected chi connectivity index (χ2v) is 4.36. The molecule has 1 N–H and O–H groups in total. The van der Waals surface area contributed by atoms with Crippen molar-refractivity contribution in [1.29, 1.82) is 0 Å². The van der Waals surface area contributed by atoms with Gasteiger partial charge in [0.2, 0.25) is 5.91 Å². The Hall–Kier alpha value is -2.49. The first-order valence-corrected chi connectivity index (χ1v) is 6.05. The number of benzene rings is 2. The summed E-state index contributed by atoms with van der Waals surface area (Å²) in [7, 11) is 0. The molecule has 2 aromatic carbocycles. The van der Waals surface area contributed by atoms with E-state index < -0.39 is 17.5 Å². The zero-order valence-corrected chi connectivity index (χ0v) is 10.9. The summed E-state index contributed by atoms with van der Waals surface area (Å²) < 4.78 is 26.1. The molecule has 2 rings (SSSR count). The van der Waals surface area contributed by atoms with Crippen molar-refractivity contribution >= 4 is 17.7 Å². The minimum Gasteiger partial charge on any atom is -0.320 e. The molecule has 0 aromatic heterocycles. The van der Waals surface area contributed by atoms with Gasteiger partial charge in [0.15, 0.2) is 0 Å². The highest BCUT2D eigenvalue weighted by molar-refractivity contribution is 6.01. The number of anilines is 1. The first-order valence-electron chi connectivity index (χ1n) is 6.05. The van der Waals surface area contributed by atoms with Gasteiger partial charge >= 0.3 is 0 Å². The van der Waals surface area contributed by atoms with Gasteiger partial charge in [-0.25, -0.2) is 8.78 Å². The van der Waals surface area contributed by atoms with Crippen molar-refractivity contribution in [1.82, 2.24) is 0 Å². The fourth-order valence-corrected chi connectivity index (χ4v) is 1.71. The lowest BCUT2D eigenvalue weighted by Crippen LogP contribution is -2.09. The molecule has 2 aromatic rings. The Labute approximate surface area is 115 Å². The molecular weight excluding hydrogens is 260 g/mol. The molecule has 0 radical (unpaired) electrons. The second kappa shape index (κ2) is 6.10. The summed E-state index contributed by atoms with van der Waals surface area (Å²) in [5.74, 6) is -1.96. The van der Waals surface area contributed by atoms with Crippen molar-refractivity contribution < 1.29 is 13.6 Å². The molecule has 0 heterocycles. The van der Waals surface area contributed by atoms with E-state index in [0.717, 1.165) is 23.3 Å². The highest BCUT2D eigenvalue weighted by Crippen LogP contribution is 2.15. The van der Waals surface area contributed by atoms with Crippen molar-refractivity contribution in [2.75, 3.05) is 5.32 Å². The van der Waals surface area contributed by atoms with Crippen LogP contribution in [0.1, 0.15) is 11.1 Å². The maximum atomic E-state index is 13.3. The third kappa shape index (κ3) is 3.75. The van der Waals surface area contributed by atoms with Crippen LogP contribution in [0.2, 0.25) is 0 Å². The zero-order valence-electron chi connectivity index (χ0n) is 10.9. The van der Waals surface area contributed by atoms with Crippen molar-refractivity contribution in [2.45, 2.75) is 6.92 Å². The van der Waals surface area contributed by atoms with Gasteiger partial charge in [0.1, 0.15) is 11.6 Å². The molecule has 0 atom stereocenters. The molecule has 20 heavy (non-hydrogen) atoms. The fraction of sp³-hybridized carbons (Fsp3) is 0.0625. The van der Waals surface area contributed by atoms with E-state index in [1.54, 1.807) is 6.08 Å². The van der Waals surface area contributed by atoms with Crippen molar-refractivity contribution in [3.05, 3.63) is 71.3 Å². The molecule has 0 spiro atoms. The lowest BCUT2D eigenvalue weighted by Gasteiger charge is -2.03. The SMILES string of the molecule is Cc1cccc(/C=C/C(=O)Nc2ccc(F)cc2F)c1. The molecule has 102 valence electrons. The standard InChI is InChI=1S/C16H13F2NO/c1-11-3-2-4-12(9-11)5-8-16(20)19-15-7-6-13(17)10-14(15)18/h2-10H,1H3,(H,19,20)/b8-5+. The number of carbonyl (C=O) groups is 1. The Kier molecular flexibility index (Phi) is 4.25. The average Bonchev–Trinajstić information content (AvgIpc) is 2.40. The largest absolute Gasteiger partial charge is 0.320 e. The van der Waals surface area contributed by atoms with Crippen molar-refractivity contribution in [3.63, 3.8) is 0 Å². The van der Waals surface area contributed by atoms with E-state index in [9.17, 15) is 13.6 Å². The van der Waals surface area contributed by atoms with Crippen LogP contribution in [0.5, 0.6) is 0 Å². The van der Waals surface area contributed by atoms with E-state index in [2.05, 4.69) is 5.32 Å². The molecule has 0 saturated carbocycles. The molecule has 1 amide bonds. The molecule has 0 fully saturated rings. The lowest BCUT2D eigenvalue weighted by molar-refractivity contribution is -0.111. The van der Waals surface area contributed by atoms with E-state index in [1.165, 1.54) is 12.1 Å². The number of hydrogen-bond acceptors (Lipinski definition) is 1. The molecule has 0 saturated heterocycles. The van der Waals surface area contributed by atoms with E-state index in [0.29, 0.717) is 0 Å². The van der Waals surface area contributed by atoms with Crippen LogP contribution >= 0.6 is 0 Å². The Bertz CT molecular complexity index is 665. The quantitative estimate of drug-likeness (QED) is 0.844. The molecule has 0 bridgehead atoms. The van der Waals surface area contributed by atoms with Gasteiger partial charge in [0.25, 0.3) is 0 Å². The van der Waals surface area contributed by atoms with Crippen LogP contribution in [0.15, 0.2) is 48.5 Å². The maximum Gasteiger partial charge on any atom is 0.248 e. The Morgan fingerprint density at radius 2 is 1.95 bits per heavy atom. The third-order valence-electron chi connectivity index (χ3n) is 2.66. The van der Waals surface area contributed by atoms with Crippen LogP contribution in [0.3, 0.4) is 0 Å². The topological polar surface area (TPSA) is 29.1 Å². The van der Waals surface area contributed by atoms with E-state index in [-0.39, 0.29) is 5.69 Å². The van der Waals surface area contributed by atoms with E-state index >= 15 is 0 Å². The first kappa shape index (κ1) is 13.9. The number of halogens is 2. The van der Waals surface area contributed by atoms with Gasteiger partial charge in [-0.1, -0.05) is 29.8 Å². The number of amides is 1. The van der Waals surface area contributed by atoms with Gasteiger partial charge in [0, 0.05) is 12.1 Å². The number of aryl methyl sites for hydroxylation is 1. The monoisotopic (exact) mass is 273 g/mol. The van der Waals surface area contributed by atoms with Crippen LogP contribution in [0, 0.1) is 18.6 Å². The third-order valence-corrected chi connectivity index (χ3v) is 2.66. The summed E-state index contributed by atoms with van der Waals surface area (Å²) in [5, 5.41) is 2.35. The summed E-state index contributed by atoms with van der Waals surface area (Å²) in [6, 6.07) is 10.6. The smallest absolute Gasteiger partial charge is 0.248 e. The summed E-state index contributed by atoms with van der Waals surface area (Å²) in [4.78, 5) is 11.6. The van der Waals surface area contributed by atoms with Crippen LogP contribution in [0.4, 0.5) is 14.5 Å². The summed E-state index contributed by atoms with van der Waals surface area (Å²) in [6.07, 6.45) is 2.93. The van der Waals surface area contributed by atoms with Gasteiger partial charge in [-0.05, 0) is 30.7 Å². The molecular formula is C16H13F2NO. The van der Waals surface area contributed by atoms with Crippen LogP contribution < -0.4 is 5.32 Å². The zero-order chi connectivity index (χ0) is 14.5. The predicted octanol–water partition coefficient (Wildman–Crippen LogP) is 3.93. The lowest BCUT2D eigenvalue weighted by atomic mass is 10.1. The molecule has 0 unspecified atom stereocenters. The first-order chi connectivity index (χ1) is 9.54. The summed E-state index contributed by atoms with van der Waals surface area (Å²) in [6.45, 7) is 1.95. The Morgan fingerprint density at radius 1 is 1.15 bits per heavy atom. The van der Waals surface area contributed by atoms with Crippen molar-refractivity contribution in [2.24, 2.45) is 0 Å². The molecule has 2 nitrogen and oxygen atoms in total.